The van der Waals surface area contributed by atoms with Crippen LogP contribution in [-0.4, -0.2) is 154 Å². The van der Waals surface area contributed by atoms with Gasteiger partial charge in [0.2, 0.25) is 23.4 Å². The maximum Gasteiger partial charge on any atom is 0.300 e. The minimum absolute atomic E-state index is 0.0101. The van der Waals surface area contributed by atoms with E-state index in [1.165, 1.54) is 20.8 Å². The normalized spacial score (nSPS) is 18.9. The summed E-state index contributed by atoms with van der Waals surface area (Å²) in [7, 11) is 0. The number of amides is 8. The van der Waals surface area contributed by atoms with Crippen LogP contribution in [0.2, 0.25) is 0 Å². The van der Waals surface area contributed by atoms with E-state index in [2.05, 4.69) is 46.2 Å². The second-order valence-electron chi connectivity index (χ2n) is 13.8. The van der Waals surface area contributed by atoms with Gasteiger partial charge in [-0.3, -0.25) is 53.5 Å². The number of aliphatic hydroxyl groups is 3. The number of carbonyl (C=O) groups is 8. The lowest BCUT2D eigenvalue weighted by Gasteiger charge is -2.22. The van der Waals surface area contributed by atoms with Gasteiger partial charge in [0.15, 0.2) is 0 Å². The summed E-state index contributed by atoms with van der Waals surface area (Å²) in [6.45, 7) is 9.47. The van der Waals surface area contributed by atoms with Crippen LogP contribution in [0.15, 0.2) is 25.0 Å². The molecule has 0 saturated heterocycles. The molecule has 1 aliphatic rings. The van der Waals surface area contributed by atoms with Crippen LogP contribution in [0.3, 0.4) is 0 Å². The van der Waals surface area contributed by atoms with E-state index < -0.39 is 119 Å². The minimum Gasteiger partial charge on any atom is -0.396 e. The fraction of sp³-hybridized carbons (Fsp3) is 0.588. The van der Waals surface area contributed by atoms with E-state index in [-0.39, 0.29) is 25.6 Å². The first kappa shape index (κ1) is 50.8. The van der Waals surface area contributed by atoms with Gasteiger partial charge in [0, 0.05) is 19.1 Å². The van der Waals surface area contributed by atoms with Crippen molar-refractivity contribution in [2.75, 3.05) is 13.2 Å². The molecule has 1 rings (SSSR count). The van der Waals surface area contributed by atoms with Gasteiger partial charge in [-0.25, -0.2) is 25.0 Å². The molecule has 59 heavy (non-hydrogen) atoms. The molecule has 1 heterocycles. The number of primary amides is 1. The van der Waals surface area contributed by atoms with Gasteiger partial charge in [-0.2, -0.15) is 0 Å². The molecule has 0 aromatic rings. The van der Waals surface area contributed by atoms with E-state index in [1.54, 1.807) is 20.8 Å². The van der Waals surface area contributed by atoms with E-state index in [0.717, 1.165) is 13.1 Å². The summed E-state index contributed by atoms with van der Waals surface area (Å²) in [5, 5.41) is 46.4. The molecule has 25 nitrogen and oxygen atoms in total. The lowest BCUT2D eigenvalue weighted by atomic mass is 10.0. The van der Waals surface area contributed by atoms with E-state index in [9.17, 15) is 53.7 Å². The number of hydrogen-bond donors (Lipinski definition) is 10. The SMILES string of the molecule is CC(C)[C@H](N)C(=O)N[C@@H](C)C(=O)N[C@@H](CC(=N)C(N)=O)C(=O)N=CC(=O)N=CC1=N[C@@H](C)/C(=N/[C@](C)(O)C(=O)N=CC(=O)N[C@@H](C[C@@H](C)CO)C(=O)N[C@@H](C)CO)OO1. The summed E-state index contributed by atoms with van der Waals surface area (Å²) < 4.78 is 0. The van der Waals surface area contributed by atoms with Crippen LogP contribution < -0.4 is 32.7 Å². The average molecular weight is 837 g/mol. The van der Waals surface area contributed by atoms with Crippen LogP contribution >= 0.6 is 0 Å². The van der Waals surface area contributed by atoms with Gasteiger partial charge in [0.25, 0.3) is 35.4 Å². The third-order valence-corrected chi connectivity index (χ3v) is 7.87. The van der Waals surface area contributed by atoms with Gasteiger partial charge >= 0.3 is 5.91 Å². The van der Waals surface area contributed by atoms with Gasteiger partial charge in [-0.05, 0) is 46.0 Å². The number of rotatable bonds is 21. The van der Waals surface area contributed by atoms with E-state index in [1.807, 2.05) is 0 Å². The molecule has 0 unspecified atom stereocenters. The second-order valence-corrected chi connectivity index (χ2v) is 13.8. The molecule has 0 bridgehead atoms. The predicted octanol–water partition coefficient (Wildman–Crippen LogP) is -4.50. The fourth-order valence-corrected chi connectivity index (χ4v) is 4.24. The van der Waals surface area contributed by atoms with Gasteiger partial charge in [-0.15, -0.1) is 0 Å². The van der Waals surface area contributed by atoms with Gasteiger partial charge in [0.1, 0.15) is 24.2 Å². The molecule has 8 atom stereocenters. The molecule has 0 radical (unpaired) electrons. The fourth-order valence-electron chi connectivity index (χ4n) is 4.24. The average Bonchev–Trinajstić information content (AvgIpc) is 3.17. The number of nitrogens with one attached hydrogen (secondary N) is 5. The molecule has 1 aliphatic heterocycles. The Hall–Kier alpha value is -6.18. The molecular formula is C34H52N12O13. The largest absolute Gasteiger partial charge is 0.396 e. The zero-order valence-electron chi connectivity index (χ0n) is 33.5. The van der Waals surface area contributed by atoms with Gasteiger partial charge in [-0.1, -0.05) is 20.8 Å². The van der Waals surface area contributed by atoms with E-state index in [4.69, 9.17) is 26.7 Å². The number of carbonyl (C=O) groups excluding carboxylic acids is 8. The number of nitrogens with zero attached hydrogens (tertiary/aromatic N) is 5. The lowest BCUT2D eigenvalue weighted by molar-refractivity contribution is -0.145. The van der Waals surface area contributed by atoms with Crippen LogP contribution in [0.4, 0.5) is 0 Å². The maximum atomic E-state index is 12.8. The Morgan fingerprint density at radius 1 is 0.881 bits per heavy atom. The molecule has 0 aromatic heterocycles. The minimum atomic E-state index is -2.62. The maximum absolute atomic E-state index is 12.8. The highest BCUT2D eigenvalue weighted by Gasteiger charge is 2.34. The zero-order chi connectivity index (χ0) is 45.2. The van der Waals surface area contributed by atoms with Crippen molar-refractivity contribution in [1.82, 2.24) is 21.3 Å². The highest BCUT2D eigenvalue weighted by atomic mass is 17.2. The molecule has 0 fully saturated rings. The Labute approximate surface area is 338 Å². The first-order chi connectivity index (χ1) is 27.4. The molecule has 12 N–H and O–H groups in total. The van der Waals surface area contributed by atoms with Crippen LogP contribution in [0.1, 0.15) is 61.3 Å². The van der Waals surface area contributed by atoms with Crippen LogP contribution in [0.5, 0.6) is 0 Å². The Kier molecular flexibility index (Phi) is 20.6. The highest BCUT2D eigenvalue weighted by Crippen LogP contribution is 2.14. The Bertz CT molecular complexity index is 1760. The third kappa shape index (κ3) is 17.9. The van der Waals surface area contributed by atoms with Crippen LogP contribution in [0.25, 0.3) is 0 Å². The molecule has 8 amide bonds. The standard InChI is InChI=1S/C34H52N12O13/c1-15(2)26(36)31(55)43-18(5)28(52)45-22(9-20(35)27(37)51)29(53)39-10-23(49)38-12-25-42-19(6)32(59-58-25)46-34(7,57)33(56)40-11-24(50)44-21(8-16(3)13-47)30(54)41-17(4)14-48/h10-12,15-19,21-22,26,35,47-48,57H,8-9,13-14,36H2,1-7H3,(H2,37,51)(H,41,54)(H,43,55)(H,44,50)(H,45,52)/b35-20?,38-12?,39-10?,40-11?,46-32-/t16-,17+,18+,19+,21+,22+,26+,34-/m1/s1. The quantitative estimate of drug-likeness (QED) is 0.0385. The van der Waals surface area contributed by atoms with Crippen molar-refractivity contribution < 1.29 is 63.5 Å². The van der Waals surface area contributed by atoms with Gasteiger partial charge in [0.05, 0.1) is 37.0 Å². The van der Waals surface area contributed by atoms with Crippen molar-refractivity contribution in [3.05, 3.63) is 0 Å². The third-order valence-electron chi connectivity index (χ3n) is 7.87. The summed E-state index contributed by atoms with van der Waals surface area (Å²) in [5.41, 5.74) is 7.50. The Morgan fingerprint density at radius 2 is 1.53 bits per heavy atom. The predicted molar refractivity (Wildman–Crippen MR) is 209 cm³/mol. The van der Waals surface area contributed by atoms with Crippen molar-refractivity contribution in [1.29, 1.82) is 5.41 Å². The molecule has 0 aromatic carbocycles. The molecule has 0 aliphatic carbocycles. The molecule has 326 valence electrons. The van der Waals surface area contributed by atoms with Crippen molar-refractivity contribution in [2.24, 2.45) is 48.3 Å². The monoisotopic (exact) mass is 836 g/mol. The summed E-state index contributed by atoms with van der Waals surface area (Å²) in [6.07, 6.45) is 1.02. The molecule has 0 saturated carbocycles. The number of hydrogen-bond acceptors (Lipinski definition) is 17. The van der Waals surface area contributed by atoms with Crippen molar-refractivity contribution in [3.63, 3.8) is 0 Å². The van der Waals surface area contributed by atoms with Crippen molar-refractivity contribution in [2.45, 2.75) is 103 Å². The van der Waals surface area contributed by atoms with Crippen LogP contribution in [0, 0.1) is 17.2 Å². The topological polar surface area (TPSA) is 402 Å². The zero-order valence-corrected chi connectivity index (χ0v) is 33.5. The van der Waals surface area contributed by atoms with Crippen molar-refractivity contribution >= 4 is 83.4 Å². The lowest BCUT2D eigenvalue weighted by Crippen LogP contribution is -2.54. The Morgan fingerprint density at radius 3 is 2.08 bits per heavy atom. The summed E-state index contributed by atoms with van der Waals surface area (Å²) in [6, 6.07) is -6.65. The summed E-state index contributed by atoms with van der Waals surface area (Å²) in [4.78, 5) is 127. The van der Waals surface area contributed by atoms with E-state index in [0.29, 0.717) is 12.4 Å². The second kappa shape index (κ2) is 23.9. The van der Waals surface area contributed by atoms with Crippen LogP contribution in [-0.2, 0) is 48.1 Å². The number of nitrogens with two attached hydrogens (primary N) is 2. The molecule has 25 heteroatoms. The first-order valence-corrected chi connectivity index (χ1v) is 18.0. The van der Waals surface area contributed by atoms with Crippen molar-refractivity contribution in [3.8, 4) is 0 Å². The number of aliphatic hydroxyl groups excluding tert-OH is 2. The van der Waals surface area contributed by atoms with E-state index >= 15 is 0 Å². The highest BCUT2D eigenvalue weighted by molar-refractivity contribution is 6.38. The van der Waals surface area contributed by atoms with Gasteiger partial charge < -0.3 is 48.1 Å². The molecular weight excluding hydrogens is 784 g/mol. The smallest absolute Gasteiger partial charge is 0.300 e. The summed E-state index contributed by atoms with van der Waals surface area (Å²) >= 11 is 0. The Balaban J connectivity index is 2.99. The summed E-state index contributed by atoms with van der Waals surface area (Å²) in [5.74, 6) is -9.59. The first-order valence-electron chi connectivity index (χ1n) is 18.0. The molecule has 0 spiro atoms. The number of aliphatic imine (C=N–C) groups is 5.